The van der Waals surface area contributed by atoms with Crippen LogP contribution in [0.1, 0.15) is 0 Å². The maximum Gasteiger partial charge on any atom is 0.0547 e. The molecule has 0 spiro atoms. The zero-order chi connectivity index (χ0) is 5.98. The molecule has 0 amide bonds. The summed E-state index contributed by atoms with van der Waals surface area (Å²) in [5.74, 6) is 0. The minimum absolute atomic E-state index is 0. The summed E-state index contributed by atoms with van der Waals surface area (Å²) in [7, 11) is 0. The van der Waals surface area contributed by atoms with Gasteiger partial charge in [-0.15, -0.1) is 0 Å². The summed E-state index contributed by atoms with van der Waals surface area (Å²) in [6.45, 7) is 0. The first-order valence-electron chi connectivity index (χ1n) is 2.40. The number of nitrogen functional groups attached to an aromatic ring is 2. The average molecular weight is 315 g/mol. The molecule has 0 atom stereocenters. The van der Waals surface area contributed by atoms with Crippen molar-refractivity contribution in [1.82, 2.24) is 0 Å². The number of para-hydroxylation sites is 2. The molecule has 4 radical (unpaired) electrons. The third kappa shape index (κ3) is 2.21. The summed E-state index contributed by atoms with van der Waals surface area (Å²) < 4.78 is 0. The Morgan fingerprint density at radius 1 is 0.889 bits per heavy atom. The van der Waals surface area contributed by atoms with Crippen LogP contribution in [0.3, 0.4) is 0 Å². The average Bonchev–Trinajstić information content (AvgIpc) is 1.77. The van der Waals surface area contributed by atoms with Gasteiger partial charge in [0.25, 0.3) is 0 Å². The predicted octanol–water partition coefficient (Wildman–Crippen LogP) is 0.470. The summed E-state index contributed by atoms with van der Waals surface area (Å²) in [5.41, 5.74) is 12.1. The molecular formula is C6H8N2Pb. The Balaban J connectivity index is 0.000000640. The van der Waals surface area contributed by atoms with Crippen LogP contribution in [0.25, 0.3) is 0 Å². The quantitative estimate of drug-likeness (QED) is 0.540. The SMILES string of the molecule is Nc1ccccc1N.[Pb]. The van der Waals surface area contributed by atoms with Crippen molar-refractivity contribution in [3.05, 3.63) is 24.3 Å². The Kier molecular flexibility index (Phi) is 3.60. The minimum Gasteiger partial charge on any atom is -0.397 e. The summed E-state index contributed by atoms with van der Waals surface area (Å²) in [6.07, 6.45) is 0. The smallest absolute Gasteiger partial charge is 0.0547 e. The Morgan fingerprint density at radius 2 is 1.22 bits per heavy atom. The van der Waals surface area contributed by atoms with Gasteiger partial charge < -0.3 is 11.5 Å². The van der Waals surface area contributed by atoms with Crippen LogP contribution in [0.15, 0.2) is 24.3 Å². The van der Waals surface area contributed by atoms with Crippen LogP contribution in [0.5, 0.6) is 0 Å². The van der Waals surface area contributed by atoms with Crippen molar-refractivity contribution >= 4 is 38.7 Å². The molecular weight excluding hydrogens is 307 g/mol. The van der Waals surface area contributed by atoms with E-state index in [2.05, 4.69) is 0 Å². The van der Waals surface area contributed by atoms with Crippen LogP contribution in [0, 0.1) is 0 Å². The van der Waals surface area contributed by atoms with Crippen LogP contribution in [0.2, 0.25) is 0 Å². The summed E-state index contributed by atoms with van der Waals surface area (Å²) >= 11 is 0. The second kappa shape index (κ2) is 3.71. The standard InChI is InChI=1S/C6H8N2.Pb/c7-5-3-1-2-4-6(5)8;/h1-4H,7-8H2;. The molecule has 0 saturated heterocycles. The van der Waals surface area contributed by atoms with E-state index in [0.29, 0.717) is 11.4 Å². The molecule has 9 heavy (non-hydrogen) atoms. The molecule has 0 aromatic heterocycles. The van der Waals surface area contributed by atoms with Crippen molar-refractivity contribution < 1.29 is 0 Å². The molecule has 1 rings (SSSR count). The molecule has 1 aromatic rings. The zero-order valence-electron chi connectivity index (χ0n) is 4.96. The second-order valence-corrected chi connectivity index (χ2v) is 1.63. The van der Waals surface area contributed by atoms with Gasteiger partial charge in [0.05, 0.1) is 11.4 Å². The van der Waals surface area contributed by atoms with Gasteiger partial charge in [-0.2, -0.15) is 0 Å². The van der Waals surface area contributed by atoms with Gasteiger partial charge in [0.15, 0.2) is 0 Å². The van der Waals surface area contributed by atoms with E-state index in [1.54, 1.807) is 12.1 Å². The van der Waals surface area contributed by atoms with E-state index in [1.165, 1.54) is 0 Å². The number of anilines is 2. The van der Waals surface area contributed by atoms with Crippen molar-refractivity contribution in [1.29, 1.82) is 0 Å². The molecule has 0 unspecified atom stereocenters. The molecule has 0 aliphatic carbocycles. The van der Waals surface area contributed by atoms with Crippen molar-refractivity contribution in [3.63, 3.8) is 0 Å². The molecule has 1 aromatic carbocycles. The van der Waals surface area contributed by atoms with Crippen LogP contribution >= 0.6 is 0 Å². The molecule has 0 bridgehead atoms. The van der Waals surface area contributed by atoms with E-state index in [1.807, 2.05) is 12.1 Å². The van der Waals surface area contributed by atoms with Crippen molar-refractivity contribution in [2.75, 3.05) is 11.5 Å². The monoisotopic (exact) mass is 316 g/mol. The third-order valence-corrected chi connectivity index (χ3v) is 0.996. The van der Waals surface area contributed by atoms with Crippen molar-refractivity contribution in [2.45, 2.75) is 0 Å². The van der Waals surface area contributed by atoms with E-state index in [-0.39, 0.29) is 27.3 Å². The Morgan fingerprint density at radius 3 is 1.44 bits per heavy atom. The number of nitrogens with two attached hydrogens (primary N) is 2. The molecule has 0 heterocycles. The van der Waals surface area contributed by atoms with Crippen LogP contribution < -0.4 is 11.5 Å². The fraction of sp³-hybridized carbons (Fsp3) is 0. The summed E-state index contributed by atoms with van der Waals surface area (Å²) in [5, 5.41) is 0. The first-order chi connectivity index (χ1) is 3.80. The Hall–Kier alpha value is -0.258. The number of hydrogen-bond acceptors (Lipinski definition) is 2. The van der Waals surface area contributed by atoms with Gasteiger partial charge in [-0.1, -0.05) is 12.1 Å². The first kappa shape index (κ1) is 8.74. The van der Waals surface area contributed by atoms with Gasteiger partial charge in [0.1, 0.15) is 0 Å². The molecule has 0 saturated carbocycles. The maximum atomic E-state index is 5.39. The second-order valence-electron chi connectivity index (χ2n) is 1.63. The maximum absolute atomic E-state index is 5.39. The molecule has 46 valence electrons. The molecule has 0 aliphatic heterocycles. The van der Waals surface area contributed by atoms with Crippen molar-refractivity contribution in [2.24, 2.45) is 0 Å². The molecule has 4 N–H and O–H groups in total. The minimum atomic E-state index is 0. The number of hydrogen-bond donors (Lipinski definition) is 2. The van der Waals surface area contributed by atoms with Crippen LogP contribution in [-0.2, 0) is 0 Å². The third-order valence-electron chi connectivity index (χ3n) is 0.996. The molecule has 0 fully saturated rings. The Labute approximate surface area is 74.4 Å². The van der Waals surface area contributed by atoms with E-state index in [0.717, 1.165) is 0 Å². The first-order valence-corrected chi connectivity index (χ1v) is 2.40. The van der Waals surface area contributed by atoms with Crippen LogP contribution in [0.4, 0.5) is 11.4 Å². The van der Waals surface area contributed by atoms with Crippen molar-refractivity contribution in [3.8, 4) is 0 Å². The van der Waals surface area contributed by atoms with Gasteiger partial charge in [-0.25, -0.2) is 0 Å². The van der Waals surface area contributed by atoms with E-state index < -0.39 is 0 Å². The van der Waals surface area contributed by atoms with E-state index in [4.69, 9.17) is 11.5 Å². The van der Waals surface area contributed by atoms with Gasteiger partial charge in [-0.3, -0.25) is 0 Å². The molecule has 2 nitrogen and oxygen atoms in total. The number of benzene rings is 1. The Bertz CT molecular complexity index is 167. The number of rotatable bonds is 0. The largest absolute Gasteiger partial charge is 0.397 e. The van der Waals surface area contributed by atoms with Gasteiger partial charge >= 0.3 is 0 Å². The fourth-order valence-corrected chi connectivity index (χ4v) is 0.511. The fourth-order valence-electron chi connectivity index (χ4n) is 0.511. The molecule has 3 heteroatoms. The molecule has 0 aliphatic rings. The van der Waals surface area contributed by atoms with Gasteiger partial charge in [0, 0.05) is 27.3 Å². The van der Waals surface area contributed by atoms with Crippen LogP contribution in [-0.4, -0.2) is 27.3 Å². The van der Waals surface area contributed by atoms with Gasteiger partial charge in [0.2, 0.25) is 0 Å². The van der Waals surface area contributed by atoms with Gasteiger partial charge in [-0.05, 0) is 12.1 Å². The summed E-state index contributed by atoms with van der Waals surface area (Å²) in [6, 6.07) is 7.25. The zero-order valence-corrected chi connectivity index (χ0v) is 8.85. The topological polar surface area (TPSA) is 52.0 Å². The normalized spacial score (nSPS) is 8.00. The summed E-state index contributed by atoms with van der Waals surface area (Å²) in [4.78, 5) is 0. The predicted molar refractivity (Wildman–Crippen MR) is 41.0 cm³/mol. The van der Waals surface area contributed by atoms with E-state index in [9.17, 15) is 0 Å². The van der Waals surface area contributed by atoms with E-state index >= 15 is 0 Å².